The van der Waals surface area contributed by atoms with Crippen molar-refractivity contribution in [2.24, 2.45) is 0 Å². The largest absolute Gasteiger partial charge is 0.497 e. The van der Waals surface area contributed by atoms with Crippen molar-refractivity contribution in [3.05, 3.63) is 78.0 Å². The van der Waals surface area contributed by atoms with Gasteiger partial charge in [-0.3, -0.25) is 0 Å². The van der Waals surface area contributed by atoms with Crippen molar-refractivity contribution in [1.82, 2.24) is 13.9 Å². The second kappa shape index (κ2) is 8.65. The summed E-state index contributed by atoms with van der Waals surface area (Å²) in [6.45, 7) is 0.265. The zero-order chi connectivity index (χ0) is 21.8. The van der Waals surface area contributed by atoms with E-state index in [1.807, 2.05) is 42.5 Å². The first-order chi connectivity index (χ1) is 15.0. The third-order valence-corrected chi connectivity index (χ3v) is 6.32. The molecule has 0 saturated heterocycles. The number of anilines is 1. The van der Waals surface area contributed by atoms with E-state index in [4.69, 9.17) is 9.47 Å². The predicted octanol–water partition coefficient (Wildman–Crippen LogP) is 3.44. The van der Waals surface area contributed by atoms with Gasteiger partial charge in [-0.25, -0.2) is 12.4 Å². The van der Waals surface area contributed by atoms with E-state index in [1.54, 1.807) is 32.4 Å². The number of ether oxygens (including phenoxy) is 2. The van der Waals surface area contributed by atoms with Gasteiger partial charge in [0.1, 0.15) is 12.4 Å². The van der Waals surface area contributed by atoms with Crippen LogP contribution in [0.15, 0.2) is 66.9 Å². The molecular formula is C22H22N4O4S. The fourth-order valence-electron chi connectivity index (χ4n) is 3.14. The lowest BCUT2D eigenvalue weighted by Gasteiger charge is -2.11. The molecule has 0 bridgehead atoms. The van der Waals surface area contributed by atoms with Crippen LogP contribution >= 0.6 is 0 Å². The van der Waals surface area contributed by atoms with Crippen molar-refractivity contribution in [3.8, 4) is 11.6 Å². The molecule has 0 aliphatic carbocycles. The van der Waals surface area contributed by atoms with E-state index in [1.165, 1.54) is 10.2 Å². The lowest BCUT2D eigenvalue weighted by Crippen LogP contribution is -2.15. The maximum Gasteiger partial charge on any atom is 0.244 e. The Morgan fingerprint density at radius 1 is 0.968 bits per heavy atom. The normalized spacial score (nSPS) is 11.4. The number of hydrogen-bond donors (Lipinski definition) is 1. The number of hydrogen-bond acceptors (Lipinski definition) is 7. The van der Waals surface area contributed by atoms with E-state index in [0.29, 0.717) is 16.8 Å². The minimum absolute atomic E-state index is 0.140. The minimum Gasteiger partial charge on any atom is -0.497 e. The molecule has 2 aromatic heterocycles. The average Bonchev–Trinajstić information content (AvgIpc) is 3.23. The quantitative estimate of drug-likeness (QED) is 0.450. The van der Waals surface area contributed by atoms with E-state index in [0.717, 1.165) is 11.3 Å². The molecule has 0 unspecified atom stereocenters. The average molecular weight is 439 g/mol. The molecule has 8 nitrogen and oxygen atoms in total. The predicted molar refractivity (Wildman–Crippen MR) is 119 cm³/mol. The zero-order valence-electron chi connectivity index (χ0n) is 17.1. The molecule has 0 saturated carbocycles. The Hall–Kier alpha value is -3.59. The van der Waals surface area contributed by atoms with Crippen molar-refractivity contribution in [2.75, 3.05) is 19.5 Å². The summed E-state index contributed by atoms with van der Waals surface area (Å²) in [5.74, 6) is 1.19. The first kappa shape index (κ1) is 20.7. The highest BCUT2D eigenvalue weighted by molar-refractivity contribution is 7.89. The van der Waals surface area contributed by atoms with E-state index >= 15 is 0 Å². The zero-order valence-corrected chi connectivity index (χ0v) is 18.0. The molecule has 2 aromatic carbocycles. The van der Waals surface area contributed by atoms with Crippen LogP contribution in [0, 0.1) is 0 Å². The van der Waals surface area contributed by atoms with Crippen LogP contribution in [0.2, 0.25) is 0 Å². The Bertz CT molecular complexity index is 1290. The Balaban J connectivity index is 1.66. The molecule has 0 amide bonds. The summed E-state index contributed by atoms with van der Waals surface area (Å²) in [5, 5.41) is 3.38. The van der Waals surface area contributed by atoms with Gasteiger partial charge in [0.15, 0.2) is 5.65 Å². The topological polar surface area (TPSA) is 95.3 Å². The third-order valence-electron chi connectivity index (χ3n) is 4.73. The van der Waals surface area contributed by atoms with Gasteiger partial charge in [0.25, 0.3) is 0 Å². The van der Waals surface area contributed by atoms with Crippen LogP contribution in [0.1, 0.15) is 11.1 Å². The lowest BCUT2D eigenvalue weighted by molar-refractivity contribution is 0.298. The molecule has 1 N–H and O–H groups in total. The molecule has 31 heavy (non-hydrogen) atoms. The molecule has 0 fully saturated rings. The van der Waals surface area contributed by atoms with E-state index < -0.39 is 10.0 Å². The van der Waals surface area contributed by atoms with Crippen LogP contribution in [0.25, 0.3) is 11.0 Å². The molecule has 4 rings (SSSR count). The molecule has 160 valence electrons. The van der Waals surface area contributed by atoms with Gasteiger partial charge in [0, 0.05) is 13.2 Å². The number of fused-ring (bicyclic) bond motifs is 1. The van der Waals surface area contributed by atoms with Crippen LogP contribution in [0.5, 0.6) is 11.6 Å². The van der Waals surface area contributed by atoms with Crippen molar-refractivity contribution < 1.29 is 17.9 Å². The highest BCUT2D eigenvalue weighted by Gasteiger charge is 2.21. The van der Waals surface area contributed by atoms with Gasteiger partial charge >= 0.3 is 0 Å². The Morgan fingerprint density at radius 3 is 2.39 bits per heavy atom. The van der Waals surface area contributed by atoms with Gasteiger partial charge in [-0.15, -0.1) is 0 Å². The van der Waals surface area contributed by atoms with Crippen molar-refractivity contribution in [3.63, 3.8) is 0 Å². The van der Waals surface area contributed by atoms with E-state index in [2.05, 4.69) is 15.3 Å². The number of benzene rings is 2. The second-order valence-electron chi connectivity index (χ2n) is 6.83. The summed E-state index contributed by atoms with van der Waals surface area (Å²) in [4.78, 5) is 8.74. The first-order valence-corrected chi connectivity index (χ1v) is 11.2. The summed E-state index contributed by atoms with van der Waals surface area (Å²) in [6.07, 6.45) is 1.48. The fraction of sp³-hybridized carbons (Fsp3) is 0.182. The number of aromatic nitrogens is 3. The number of methoxy groups -OCH3 is 1. The molecule has 0 aliphatic rings. The fourth-order valence-corrected chi connectivity index (χ4v) is 4.54. The van der Waals surface area contributed by atoms with Gasteiger partial charge in [-0.05, 0) is 29.3 Å². The summed E-state index contributed by atoms with van der Waals surface area (Å²) in [5.41, 5.74) is 1.89. The maximum absolute atomic E-state index is 13.1. The Kier molecular flexibility index (Phi) is 5.77. The highest BCUT2D eigenvalue weighted by atomic mass is 32.2. The van der Waals surface area contributed by atoms with Crippen molar-refractivity contribution >= 4 is 27.0 Å². The lowest BCUT2D eigenvalue weighted by atomic mass is 10.2. The van der Waals surface area contributed by atoms with Crippen LogP contribution in [0.4, 0.5) is 5.95 Å². The van der Waals surface area contributed by atoms with Crippen molar-refractivity contribution in [2.45, 2.75) is 12.4 Å². The summed E-state index contributed by atoms with van der Waals surface area (Å²) in [7, 11) is -0.407. The number of rotatable bonds is 8. The second-order valence-corrected chi connectivity index (χ2v) is 8.68. The molecule has 4 aromatic rings. The highest BCUT2D eigenvalue weighted by Crippen LogP contribution is 2.28. The first-order valence-electron chi connectivity index (χ1n) is 9.60. The van der Waals surface area contributed by atoms with Gasteiger partial charge in [0.2, 0.25) is 21.9 Å². The molecular weight excluding hydrogens is 416 g/mol. The van der Waals surface area contributed by atoms with Gasteiger partial charge in [-0.1, -0.05) is 42.5 Å². The molecule has 0 radical (unpaired) electrons. The minimum atomic E-state index is -3.68. The summed E-state index contributed by atoms with van der Waals surface area (Å²) in [6, 6.07) is 18.2. The molecule has 0 atom stereocenters. The summed E-state index contributed by atoms with van der Waals surface area (Å²) < 4.78 is 38.4. The smallest absolute Gasteiger partial charge is 0.244 e. The molecule has 2 heterocycles. The van der Waals surface area contributed by atoms with Crippen LogP contribution < -0.4 is 14.8 Å². The SMILES string of the molecule is CNc1nc(OCc2ccc(OC)cc2)c2ccn(S(=O)(=O)Cc3ccccc3)c2n1. The third kappa shape index (κ3) is 4.46. The Labute approximate surface area is 180 Å². The van der Waals surface area contributed by atoms with E-state index in [9.17, 15) is 8.42 Å². The monoisotopic (exact) mass is 438 g/mol. The maximum atomic E-state index is 13.1. The standard InChI is InChI=1S/C22H22N4O4S/c1-23-22-24-20-19(21(25-22)30-14-16-8-10-18(29-2)11-9-16)12-13-26(20)31(27,28)15-17-6-4-3-5-7-17/h3-13H,14-15H2,1-2H3,(H,23,24,25). The van der Waals surface area contributed by atoms with Gasteiger partial charge < -0.3 is 14.8 Å². The molecule has 0 spiro atoms. The van der Waals surface area contributed by atoms with Crippen molar-refractivity contribution in [1.29, 1.82) is 0 Å². The molecule has 0 aliphatic heterocycles. The Morgan fingerprint density at radius 2 is 1.71 bits per heavy atom. The van der Waals surface area contributed by atoms with Gasteiger partial charge in [0.05, 0.1) is 18.2 Å². The van der Waals surface area contributed by atoms with Crippen LogP contribution in [-0.4, -0.2) is 36.5 Å². The number of nitrogens with one attached hydrogen (secondary N) is 1. The van der Waals surface area contributed by atoms with Crippen LogP contribution in [0.3, 0.4) is 0 Å². The summed E-state index contributed by atoms with van der Waals surface area (Å²) >= 11 is 0. The molecule has 9 heteroatoms. The van der Waals surface area contributed by atoms with Gasteiger partial charge in [-0.2, -0.15) is 9.97 Å². The van der Waals surface area contributed by atoms with E-state index in [-0.39, 0.29) is 24.0 Å². The number of nitrogens with zero attached hydrogens (tertiary/aromatic N) is 3. The van der Waals surface area contributed by atoms with Crippen LogP contribution in [-0.2, 0) is 22.4 Å².